The van der Waals surface area contributed by atoms with Gasteiger partial charge in [-0.2, -0.15) is 0 Å². The SMILES string of the molecule is O=C(NCCCOc1cc(C(=S)NO)on1)c1nc(-c2ccccc2)cs1. The number of nitrogens with one attached hydrogen (secondary N) is 2. The van der Waals surface area contributed by atoms with Gasteiger partial charge in [-0.05, 0) is 11.6 Å². The van der Waals surface area contributed by atoms with E-state index in [4.69, 9.17) is 26.7 Å². The lowest BCUT2D eigenvalue weighted by molar-refractivity contribution is 0.0951. The maximum atomic E-state index is 12.2. The van der Waals surface area contributed by atoms with Gasteiger partial charge in [0.05, 0.1) is 18.4 Å². The molecule has 3 N–H and O–H groups in total. The third-order valence-electron chi connectivity index (χ3n) is 3.44. The highest BCUT2D eigenvalue weighted by Crippen LogP contribution is 2.21. The summed E-state index contributed by atoms with van der Waals surface area (Å²) in [4.78, 5) is 16.5. The Morgan fingerprint density at radius 1 is 1.33 bits per heavy atom. The second-order valence-electron chi connectivity index (χ2n) is 5.33. The van der Waals surface area contributed by atoms with E-state index in [2.05, 4.69) is 15.5 Å². The molecule has 0 spiro atoms. The first kappa shape index (κ1) is 19.0. The molecule has 0 saturated heterocycles. The number of hydrogen-bond acceptors (Lipinski definition) is 8. The Bertz CT molecular complexity index is 911. The number of benzene rings is 1. The van der Waals surface area contributed by atoms with Crippen molar-refractivity contribution in [3.8, 4) is 17.1 Å². The zero-order chi connectivity index (χ0) is 19.1. The Hall–Kier alpha value is -2.82. The van der Waals surface area contributed by atoms with E-state index in [0.29, 0.717) is 24.6 Å². The number of thiocarbonyl (C=S) groups is 1. The summed E-state index contributed by atoms with van der Waals surface area (Å²) in [7, 11) is 0. The molecule has 0 unspecified atom stereocenters. The van der Waals surface area contributed by atoms with Gasteiger partial charge < -0.3 is 14.6 Å². The average Bonchev–Trinajstić information content (AvgIpc) is 3.37. The number of carbonyl (C=O) groups excluding carboxylic acids is 1. The maximum absolute atomic E-state index is 12.2. The van der Waals surface area contributed by atoms with Gasteiger partial charge in [-0.15, -0.1) is 11.3 Å². The predicted octanol–water partition coefficient (Wildman–Crippen LogP) is 2.65. The molecule has 0 saturated carbocycles. The zero-order valence-corrected chi connectivity index (χ0v) is 15.7. The molecule has 3 rings (SSSR count). The minimum Gasteiger partial charge on any atom is -0.475 e. The number of thiazole rings is 1. The first-order valence-corrected chi connectivity index (χ1v) is 9.29. The summed E-state index contributed by atoms with van der Waals surface area (Å²) in [6.07, 6.45) is 0.577. The number of ether oxygens (including phenoxy) is 1. The topological polar surface area (TPSA) is 110 Å². The van der Waals surface area contributed by atoms with Crippen LogP contribution in [0.15, 0.2) is 46.3 Å². The van der Waals surface area contributed by atoms with Crippen LogP contribution in [0, 0.1) is 0 Å². The normalized spacial score (nSPS) is 10.4. The summed E-state index contributed by atoms with van der Waals surface area (Å²) in [6.45, 7) is 0.763. The summed E-state index contributed by atoms with van der Waals surface area (Å²) in [5.41, 5.74) is 3.56. The second-order valence-corrected chi connectivity index (χ2v) is 6.60. The van der Waals surface area contributed by atoms with Crippen LogP contribution in [0.4, 0.5) is 0 Å². The van der Waals surface area contributed by atoms with Gasteiger partial charge in [-0.25, -0.2) is 4.98 Å². The molecule has 27 heavy (non-hydrogen) atoms. The van der Waals surface area contributed by atoms with Crippen LogP contribution in [0.1, 0.15) is 22.0 Å². The molecular weight excluding hydrogens is 388 g/mol. The predicted molar refractivity (Wildman–Crippen MR) is 103 cm³/mol. The quantitative estimate of drug-likeness (QED) is 0.299. The Balaban J connectivity index is 1.40. The van der Waals surface area contributed by atoms with E-state index in [0.717, 1.165) is 11.3 Å². The highest BCUT2D eigenvalue weighted by molar-refractivity contribution is 7.80. The van der Waals surface area contributed by atoms with Crippen LogP contribution in [0.3, 0.4) is 0 Å². The molecule has 2 aromatic heterocycles. The molecule has 3 aromatic rings. The molecule has 1 aromatic carbocycles. The number of amides is 1. The van der Waals surface area contributed by atoms with Crippen molar-refractivity contribution in [2.24, 2.45) is 0 Å². The Kier molecular flexibility index (Phi) is 6.47. The van der Waals surface area contributed by atoms with Gasteiger partial charge in [-0.3, -0.25) is 15.5 Å². The summed E-state index contributed by atoms with van der Waals surface area (Å²) < 4.78 is 10.3. The molecule has 0 aliphatic heterocycles. The third kappa shape index (κ3) is 5.09. The van der Waals surface area contributed by atoms with E-state index in [-0.39, 0.29) is 22.5 Å². The molecule has 1 amide bonds. The largest absolute Gasteiger partial charge is 0.475 e. The van der Waals surface area contributed by atoms with Crippen LogP contribution in [-0.4, -0.2) is 39.4 Å². The fourth-order valence-electron chi connectivity index (χ4n) is 2.14. The number of hydrogen-bond donors (Lipinski definition) is 3. The summed E-state index contributed by atoms with van der Waals surface area (Å²) in [5.74, 6) is 0.236. The Morgan fingerprint density at radius 3 is 2.93 bits per heavy atom. The lowest BCUT2D eigenvalue weighted by Crippen LogP contribution is -2.25. The minimum atomic E-state index is -0.217. The fourth-order valence-corrected chi connectivity index (χ4v) is 2.97. The van der Waals surface area contributed by atoms with E-state index < -0.39 is 0 Å². The fraction of sp³-hybridized carbons (Fsp3) is 0.176. The van der Waals surface area contributed by atoms with Gasteiger partial charge >= 0.3 is 0 Å². The molecular formula is C17H16N4O4S2. The molecule has 140 valence electrons. The molecule has 0 atom stereocenters. The van der Waals surface area contributed by atoms with Crippen molar-refractivity contribution in [1.29, 1.82) is 0 Å². The highest BCUT2D eigenvalue weighted by atomic mass is 32.1. The minimum absolute atomic E-state index is 0.0166. The number of hydroxylamine groups is 1. The molecule has 2 heterocycles. The highest BCUT2D eigenvalue weighted by Gasteiger charge is 2.12. The van der Waals surface area contributed by atoms with Gasteiger partial charge in [-0.1, -0.05) is 42.5 Å². The van der Waals surface area contributed by atoms with E-state index in [9.17, 15) is 4.79 Å². The summed E-state index contributed by atoms with van der Waals surface area (Å²) in [6, 6.07) is 11.2. The summed E-state index contributed by atoms with van der Waals surface area (Å²) in [5, 5.41) is 17.4. The lowest BCUT2D eigenvalue weighted by Gasteiger charge is -2.03. The zero-order valence-electron chi connectivity index (χ0n) is 14.0. The second kappa shape index (κ2) is 9.21. The van der Waals surface area contributed by atoms with Crippen LogP contribution >= 0.6 is 23.6 Å². The first-order chi connectivity index (χ1) is 13.2. The maximum Gasteiger partial charge on any atom is 0.280 e. The lowest BCUT2D eigenvalue weighted by atomic mass is 10.2. The first-order valence-electron chi connectivity index (χ1n) is 8.00. The van der Waals surface area contributed by atoms with Crippen molar-refractivity contribution in [3.05, 3.63) is 52.5 Å². The van der Waals surface area contributed by atoms with Gasteiger partial charge in [0.25, 0.3) is 11.8 Å². The molecule has 0 aliphatic rings. The van der Waals surface area contributed by atoms with Crippen molar-refractivity contribution in [2.75, 3.05) is 13.2 Å². The van der Waals surface area contributed by atoms with Crippen LogP contribution in [0.25, 0.3) is 11.3 Å². The Labute approximate surface area is 164 Å². The molecule has 0 bridgehead atoms. The van der Waals surface area contributed by atoms with Gasteiger partial charge in [0.1, 0.15) is 0 Å². The monoisotopic (exact) mass is 404 g/mol. The van der Waals surface area contributed by atoms with Crippen LogP contribution < -0.4 is 15.5 Å². The third-order valence-corrected chi connectivity index (χ3v) is 4.57. The van der Waals surface area contributed by atoms with Crippen molar-refractivity contribution in [1.82, 2.24) is 20.9 Å². The van der Waals surface area contributed by atoms with E-state index in [1.165, 1.54) is 17.4 Å². The molecule has 0 radical (unpaired) electrons. The average molecular weight is 404 g/mol. The van der Waals surface area contributed by atoms with Gasteiger partial charge in [0.2, 0.25) is 0 Å². The number of nitrogens with zero attached hydrogens (tertiary/aromatic N) is 2. The number of aromatic nitrogens is 2. The van der Waals surface area contributed by atoms with Gasteiger partial charge in [0.15, 0.2) is 15.8 Å². The summed E-state index contributed by atoms with van der Waals surface area (Å²) >= 11 is 6.10. The molecule has 8 nitrogen and oxygen atoms in total. The molecule has 10 heteroatoms. The Morgan fingerprint density at radius 2 is 2.15 bits per heavy atom. The van der Waals surface area contributed by atoms with Crippen LogP contribution in [0.5, 0.6) is 5.88 Å². The molecule has 0 fully saturated rings. The molecule has 0 aliphatic carbocycles. The van der Waals surface area contributed by atoms with Crippen molar-refractivity contribution < 1.29 is 19.3 Å². The standard InChI is InChI=1S/C17H16N4O4S2/c22-15(17-19-12(10-27-17)11-5-2-1-3-6-11)18-7-4-8-24-14-9-13(25-21-14)16(26)20-23/h1-3,5-6,9-10,23H,4,7-8H2,(H,18,22)(H,20,26). The van der Waals surface area contributed by atoms with Crippen molar-refractivity contribution in [3.63, 3.8) is 0 Å². The van der Waals surface area contributed by atoms with Crippen LogP contribution in [-0.2, 0) is 0 Å². The van der Waals surface area contributed by atoms with Crippen molar-refractivity contribution >= 4 is 34.5 Å². The van der Waals surface area contributed by atoms with E-state index in [1.54, 1.807) is 5.48 Å². The van der Waals surface area contributed by atoms with Crippen molar-refractivity contribution in [2.45, 2.75) is 6.42 Å². The van der Waals surface area contributed by atoms with Gasteiger partial charge in [0, 0.05) is 17.5 Å². The van der Waals surface area contributed by atoms with Crippen LogP contribution in [0.2, 0.25) is 0 Å². The number of carbonyl (C=O) groups is 1. The van der Waals surface area contributed by atoms with E-state index in [1.807, 2.05) is 35.7 Å². The number of rotatable bonds is 8. The smallest absolute Gasteiger partial charge is 0.280 e. The van der Waals surface area contributed by atoms with E-state index >= 15 is 0 Å².